The predicted molar refractivity (Wildman–Crippen MR) is 74.3 cm³/mol. The number of hydrogen-bond acceptors (Lipinski definition) is 2. The monoisotopic (exact) mass is 281 g/mol. The molecule has 0 unspecified atom stereocenters. The van der Waals surface area contributed by atoms with E-state index in [1.807, 2.05) is 24.7 Å². The molecular formula is C13H13Cl2N3. The Balaban J connectivity index is 1.71. The molecule has 94 valence electrons. The summed E-state index contributed by atoms with van der Waals surface area (Å²) in [6, 6.07) is 6.10. The number of nitrogens with one attached hydrogen (secondary N) is 1. The van der Waals surface area contributed by atoms with Crippen LogP contribution in [0, 0.1) is 0 Å². The molecule has 0 amide bonds. The van der Waals surface area contributed by atoms with Crippen molar-refractivity contribution in [2.75, 3.05) is 5.32 Å². The molecular weight excluding hydrogens is 269 g/mol. The molecule has 18 heavy (non-hydrogen) atoms. The van der Waals surface area contributed by atoms with Crippen LogP contribution in [0.4, 0.5) is 5.69 Å². The highest BCUT2D eigenvalue weighted by Crippen LogP contribution is 2.35. The minimum absolute atomic E-state index is 0.639. The summed E-state index contributed by atoms with van der Waals surface area (Å²) in [6.45, 7) is 0.720. The standard InChI is InChI=1S/C13H13Cl2N3/c14-9-1-4-13(12(15)5-9)17-7-11-6-16-8-18(11)10-2-3-10/h1,4-6,8,10,17H,2-3,7H2. The fourth-order valence-corrected chi connectivity index (χ4v) is 2.44. The summed E-state index contributed by atoms with van der Waals surface area (Å²) >= 11 is 12.0. The lowest BCUT2D eigenvalue weighted by atomic mass is 10.3. The Hall–Kier alpha value is -1.19. The number of nitrogens with zero attached hydrogens (tertiary/aromatic N) is 2. The van der Waals surface area contributed by atoms with Gasteiger partial charge in [0.15, 0.2) is 0 Å². The fourth-order valence-electron chi connectivity index (χ4n) is 1.97. The maximum atomic E-state index is 6.11. The van der Waals surface area contributed by atoms with Crippen molar-refractivity contribution in [2.24, 2.45) is 0 Å². The van der Waals surface area contributed by atoms with Gasteiger partial charge in [-0.25, -0.2) is 4.98 Å². The Morgan fingerprint density at radius 1 is 1.33 bits per heavy atom. The van der Waals surface area contributed by atoms with Gasteiger partial charge in [-0.2, -0.15) is 0 Å². The van der Waals surface area contributed by atoms with E-state index in [1.54, 1.807) is 6.07 Å². The molecule has 1 N–H and O–H groups in total. The van der Waals surface area contributed by atoms with Gasteiger partial charge in [0, 0.05) is 17.3 Å². The molecule has 1 aliphatic rings. The Labute approximate surface area is 116 Å². The summed E-state index contributed by atoms with van der Waals surface area (Å²) in [4.78, 5) is 4.20. The van der Waals surface area contributed by atoms with E-state index in [2.05, 4.69) is 14.9 Å². The predicted octanol–water partition coefficient (Wildman–Crippen LogP) is 4.14. The Bertz CT molecular complexity index is 561. The third-order valence-corrected chi connectivity index (χ3v) is 3.63. The average molecular weight is 282 g/mol. The van der Waals surface area contributed by atoms with Gasteiger partial charge in [-0.3, -0.25) is 0 Å². The molecule has 1 aromatic heterocycles. The van der Waals surface area contributed by atoms with Crippen LogP contribution in [0.3, 0.4) is 0 Å². The van der Waals surface area contributed by atoms with Gasteiger partial charge in [-0.15, -0.1) is 0 Å². The van der Waals surface area contributed by atoms with E-state index < -0.39 is 0 Å². The lowest BCUT2D eigenvalue weighted by molar-refractivity contribution is 0.701. The van der Waals surface area contributed by atoms with E-state index in [0.29, 0.717) is 16.1 Å². The second-order valence-corrected chi connectivity index (χ2v) is 5.34. The number of benzene rings is 1. The maximum absolute atomic E-state index is 6.11. The molecule has 1 aromatic carbocycles. The summed E-state index contributed by atoms with van der Waals surface area (Å²) in [5.41, 5.74) is 2.08. The number of aromatic nitrogens is 2. The molecule has 1 aliphatic carbocycles. The maximum Gasteiger partial charge on any atom is 0.0951 e. The zero-order valence-electron chi connectivity index (χ0n) is 9.74. The van der Waals surface area contributed by atoms with E-state index in [4.69, 9.17) is 23.2 Å². The molecule has 0 radical (unpaired) electrons. The van der Waals surface area contributed by atoms with Crippen LogP contribution in [0.1, 0.15) is 24.6 Å². The van der Waals surface area contributed by atoms with Gasteiger partial charge < -0.3 is 9.88 Å². The molecule has 3 rings (SSSR count). The minimum Gasteiger partial charge on any atom is -0.378 e. The van der Waals surface area contributed by atoms with Crippen LogP contribution >= 0.6 is 23.2 Å². The number of halogens is 2. The molecule has 2 aromatic rings. The Kier molecular flexibility index (Phi) is 3.18. The van der Waals surface area contributed by atoms with Crippen LogP contribution in [0.15, 0.2) is 30.7 Å². The SMILES string of the molecule is Clc1ccc(NCc2cncn2C2CC2)c(Cl)c1. The van der Waals surface area contributed by atoms with Crippen LogP contribution in [0.2, 0.25) is 10.0 Å². The highest BCUT2D eigenvalue weighted by Gasteiger charge is 2.24. The fraction of sp³-hybridized carbons (Fsp3) is 0.308. The van der Waals surface area contributed by atoms with Gasteiger partial charge in [0.1, 0.15) is 0 Å². The molecule has 0 atom stereocenters. The van der Waals surface area contributed by atoms with E-state index in [-0.39, 0.29) is 0 Å². The van der Waals surface area contributed by atoms with Crippen LogP contribution in [-0.4, -0.2) is 9.55 Å². The normalized spacial score (nSPS) is 14.8. The van der Waals surface area contributed by atoms with Crippen molar-refractivity contribution in [1.29, 1.82) is 0 Å². The van der Waals surface area contributed by atoms with Crippen LogP contribution < -0.4 is 5.32 Å². The lowest BCUT2D eigenvalue weighted by Crippen LogP contribution is -2.06. The van der Waals surface area contributed by atoms with Crippen molar-refractivity contribution in [2.45, 2.75) is 25.4 Å². The van der Waals surface area contributed by atoms with Gasteiger partial charge in [0.25, 0.3) is 0 Å². The first-order chi connectivity index (χ1) is 8.74. The number of imidazole rings is 1. The van der Waals surface area contributed by atoms with Crippen LogP contribution in [0.5, 0.6) is 0 Å². The van der Waals surface area contributed by atoms with E-state index in [9.17, 15) is 0 Å². The topological polar surface area (TPSA) is 29.9 Å². The van der Waals surface area contributed by atoms with Crippen LogP contribution in [-0.2, 0) is 6.54 Å². The second-order valence-electron chi connectivity index (χ2n) is 4.50. The average Bonchev–Trinajstić information content (AvgIpc) is 3.08. The van der Waals surface area contributed by atoms with Crippen molar-refractivity contribution >= 4 is 28.9 Å². The molecule has 1 saturated carbocycles. The zero-order valence-corrected chi connectivity index (χ0v) is 11.2. The van der Waals surface area contributed by atoms with Gasteiger partial charge >= 0.3 is 0 Å². The summed E-state index contributed by atoms with van der Waals surface area (Å²) < 4.78 is 2.23. The largest absolute Gasteiger partial charge is 0.378 e. The summed E-state index contributed by atoms with van der Waals surface area (Å²) in [5, 5.41) is 4.60. The first-order valence-electron chi connectivity index (χ1n) is 5.93. The van der Waals surface area contributed by atoms with E-state index in [1.165, 1.54) is 18.5 Å². The molecule has 1 fully saturated rings. The number of anilines is 1. The lowest BCUT2D eigenvalue weighted by Gasteiger charge is -2.10. The number of rotatable bonds is 4. The Morgan fingerprint density at radius 2 is 2.17 bits per heavy atom. The molecule has 5 heteroatoms. The summed E-state index contributed by atoms with van der Waals surface area (Å²) in [7, 11) is 0. The molecule has 3 nitrogen and oxygen atoms in total. The van der Waals surface area contributed by atoms with Crippen molar-refractivity contribution in [3.63, 3.8) is 0 Å². The second kappa shape index (κ2) is 4.82. The van der Waals surface area contributed by atoms with Gasteiger partial charge in [0.05, 0.1) is 29.3 Å². The third kappa shape index (κ3) is 2.47. The smallest absolute Gasteiger partial charge is 0.0951 e. The summed E-state index contributed by atoms with van der Waals surface area (Å²) in [5.74, 6) is 0. The Morgan fingerprint density at radius 3 is 2.89 bits per heavy atom. The van der Waals surface area contributed by atoms with E-state index >= 15 is 0 Å². The van der Waals surface area contributed by atoms with Gasteiger partial charge in [-0.1, -0.05) is 23.2 Å². The van der Waals surface area contributed by atoms with E-state index in [0.717, 1.165) is 12.2 Å². The quantitative estimate of drug-likeness (QED) is 0.913. The van der Waals surface area contributed by atoms with Crippen molar-refractivity contribution in [3.05, 3.63) is 46.5 Å². The van der Waals surface area contributed by atoms with Crippen molar-refractivity contribution in [1.82, 2.24) is 9.55 Å². The minimum atomic E-state index is 0.639. The molecule has 0 bridgehead atoms. The number of hydrogen-bond donors (Lipinski definition) is 1. The van der Waals surface area contributed by atoms with Crippen molar-refractivity contribution in [3.8, 4) is 0 Å². The highest BCUT2D eigenvalue weighted by molar-refractivity contribution is 6.36. The first kappa shape index (κ1) is 11.9. The van der Waals surface area contributed by atoms with Gasteiger partial charge in [-0.05, 0) is 31.0 Å². The third-order valence-electron chi connectivity index (χ3n) is 3.08. The van der Waals surface area contributed by atoms with Crippen molar-refractivity contribution < 1.29 is 0 Å². The zero-order chi connectivity index (χ0) is 12.5. The molecule has 0 aliphatic heterocycles. The molecule has 0 saturated heterocycles. The molecule has 0 spiro atoms. The first-order valence-corrected chi connectivity index (χ1v) is 6.69. The van der Waals surface area contributed by atoms with Gasteiger partial charge in [0.2, 0.25) is 0 Å². The summed E-state index contributed by atoms with van der Waals surface area (Å²) in [6.07, 6.45) is 6.31. The molecule has 1 heterocycles. The highest BCUT2D eigenvalue weighted by atomic mass is 35.5. The van der Waals surface area contributed by atoms with Crippen LogP contribution in [0.25, 0.3) is 0 Å².